The molecule has 2 heterocycles. The van der Waals surface area contributed by atoms with E-state index in [0.29, 0.717) is 22.6 Å². The second kappa shape index (κ2) is 14.2. The van der Waals surface area contributed by atoms with Crippen molar-refractivity contribution in [2.45, 2.75) is 127 Å². The summed E-state index contributed by atoms with van der Waals surface area (Å²) in [5.74, 6) is 1.18. The van der Waals surface area contributed by atoms with Gasteiger partial charge in [-0.2, -0.15) is 0 Å². The van der Waals surface area contributed by atoms with Crippen LogP contribution in [0.2, 0.25) is 0 Å². The minimum absolute atomic E-state index is 0.179. The highest BCUT2D eigenvalue weighted by Gasteiger charge is 2.39. The molecule has 0 aliphatic heterocycles. The number of rotatable bonds is 7. The van der Waals surface area contributed by atoms with Crippen LogP contribution < -0.4 is 20.9 Å². The molecule has 2 aromatic carbocycles. The minimum atomic E-state index is -3.76. The predicted octanol–water partition coefficient (Wildman–Crippen LogP) is 6.92. The highest BCUT2D eigenvalue weighted by atomic mass is 32.2. The number of nitrogens with zero attached hydrogens (tertiary/aromatic N) is 2. The van der Waals surface area contributed by atoms with E-state index in [1.165, 1.54) is 34.4 Å². The molecule has 2 aromatic heterocycles. The molecule has 4 aliphatic rings. The van der Waals surface area contributed by atoms with Gasteiger partial charge in [-0.15, -0.1) is 8.73 Å². The Labute approximate surface area is 339 Å². The number of urea groups is 2. The van der Waals surface area contributed by atoms with E-state index in [-0.39, 0.29) is 22.0 Å². The molecule has 4 amide bonds. The van der Waals surface area contributed by atoms with Gasteiger partial charge < -0.3 is 29.7 Å². The van der Waals surface area contributed by atoms with Crippen LogP contribution in [0.3, 0.4) is 0 Å². The molecule has 0 radical (unpaired) electrons. The number of hydrogen-bond acceptors (Lipinski definition) is 8. The van der Waals surface area contributed by atoms with E-state index in [2.05, 4.69) is 31.5 Å². The number of fused-ring (bicyclic) bond motifs is 4. The van der Waals surface area contributed by atoms with Gasteiger partial charge >= 0.3 is 12.1 Å². The lowest BCUT2D eigenvalue weighted by molar-refractivity contribution is 0.0763. The van der Waals surface area contributed by atoms with Gasteiger partial charge in [0.15, 0.2) is 19.8 Å². The molecule has 8 rings (SSSR count). The van der Waals surface area contributed by atoms with E-state index >= 15 is 0 Å². The standard InChI is InChI=1S/C42H52N6O8S2/c1-21-33(41(3,4)51)19-35(55-21)57(43,53)47-39(49)45-37-29-11-7-9-23(29)13-27-15-25(17-31(27)37)26-16-28-14-24-10-8-12-30(24)38(32(28)18-26)46-40(50)48-58(44,54)36-20-34(22(2)56-36)42(5,6)52/h13-14,19-20,25-26,51-52H,7-12,15-18H2,1-6H3,(H3,43,45,47,49,53)(H3,44,46,48,50,54)/t25?,26?,57-,58?/m1/s1. The fourth-order valence-electron chi connectivity index (χ4n) is 9.75. The maximum Gasteiger partial charge on any atom is 0.354 e. The number of aryl methyl sites for hydroxylation is 4. The molecule has 0 spiro atoms. The molecule has 58 heavy (non-hydrogen) atoms. The average molecular weight is 833 g/mol. The van der Waals surface area contributed by atoms with Crippen molar-refractivity contribution < 1.29 is 37.1 Å². The van der Waals surface area contributed by atoms with E-state index in [1.807, 2.05) is 0 Å². The van der Waals surface area contributed by atoms with Gasteiger partial charge in [0, 0.05) is 34.6 Å². The number of benzene rings is 2. The van der Waals surface area contributed by atoms with E-state index in [4.69, 9.17) is 19.1 Å². The number of nitrogens with two attached hydrogens (primary N) is 2. The van der Waals surface area contributed by atoms with Crippen molar-refractivity contribution in [3.8, 4) is 0 Å². The summed E-state index contributed by atoms with van der Waals surface area (Å²) in [6.45, 7) is 9.56. The van der Waals surface area contributed by atoms with Crippen LogP contribution in [0.5, 0.6) is 0 Å². The quantitative estimate of drug-likeness (QED) is 0.114. The first-order valence-corrected chi connectivity index (χ1v) is 23.0. The van der Waals surface area contributed by atoms with Crippen molar-refractivity contribution in [3.05, 3.63) is 91.4 Å². The van der Waals surface area contributed by atoms with Crippen molar-refractivity contribution in [1.82, 2.24) is 0 Å². The molecule has 0 saturated carbocycles. The molecule has 0 bridgehead atoms. The number of carbonyl (C=O) groups excluding carboxylic acids is 2. The Morgan fingerprint density at radius 1 is 0.638 bits per heavy atom. The summed E-state index contributed by atoms with van der Waals surface area (Å²) in [5, 5.41) is 38.8. The summed E-state index contributed by atoms with van der Waals surface area (Å²) in [7, 11) is -7.52. The summed E-state index contributed by atoms with van der Waals surface area (Å²) >= 11 is 0. The molecule has 14 nitrogen and oxygen atoms in total. The fourth-order valence-corrected chi connectivity index (χ4v) is 11.6. The first kappa shape index (κ1) is 40.5. The van der Waals surface area contributed by atoms with E-state index < -0.39 is 43.1 Å². The first-order valence-electron chi connectivity index (χ1n) is 19.8. The van der Waals surface area contributed by atoms with Crippen LogP contribution in [0.4, 0.5) is 21.0 Å². The largest absolute Gasteiger partial charge is 0.450 e. The molecule has 310 valence electrons. The number of hydrogen-bond donors (Lipinski definition) is 6. The van der Waals surface area contributed by atoms with E-state index in [1.54, 1.807) is 41.5 Å². The van der Waals surface area contributed by atoms with E-state index in [0.717, 1.165) is 97.8 Å². The lowest BCUT2D eigenvalue weighted by Crippen LogP contribution is -2.19. The van der Waals surface area contributed by atoms with Gasteiger partial charge in [-0.3, -0.25) is 0 Å². The van der Waals surface area contributed by atoms with Gasteiger partial charge in [0.05, 0.1) is 11.2 Å². The Bertz CT molecular complexity index is 2480. The second-order valence-corrected chi connectivity index (χ2v) is 20.9. The minimum Gasteiger partial charge on any atom is -0.450 e. The zero-order chi connectivity index (χ0) is 41.7. The normalized spacial score (nSPS) is 20.4. The summed E-state index contributed by atoms with van der Waals surface area (Å²) in [4.78, 5) is 27.0. The van der Waals surface area contributed by atoms with Crippen molar-refractivity contribution in [2.24, 2.45) is 30.8 Å². The van der Waals surface area contributed by atoms with Crippen molar-refractivity contribution >= 4 is 43.3 Å². The van der Waals surface area contributed by atoms with Gasteiger partial charge in [-0.05, 0) is 162 Å². The topological polar surface area (TPSA) is 236 Å². The molecule has 0 saturated heterocycles. The summed E-state index contributed by atoms with van der Waals surface area (Å²) < 4.78 is 46.1. The van der Waals surface area contributed by atoms with Crippen LogP contribution in [0, 0.1) is 25.7 Å². The summed E-state index contributed by atoms with van der Waals surface area (Å²) in [6, 6.07) is 5.69. The molecule has 8 N–H and O–H groups in total. The summed E-state index contributed by atoms with van der Waals surface area (Å²) in [5.41, 5.74) is 8.72. The Balaban J connectivity index is 1.04. The van der Waals surface area contributed by atoms with Gasteiger partial charge in [0.2, 0.25) is 10.2 Å². The molecule has 4 aliphatic carbocycles. The number of anilines is 2. The Morgan fingerprint density at radius 2 is 1.02 bits per heavy atom. The number of carbonyl (C=O) groups is 2. The maximum atomic E-state index is 13.5. The highest BCUT2D eigenvalue weighted by molar-refractivity contribution is 7.91. The van der Waals surface area contributed by atoms with Gasteiger partial charge in [0.1, 0.15) is 11.5 Å². The Hall–Kier alpha value is -4.32. The third-order valence-corrected chi connectivity index (χ3v) is 14.8. The molecule has 4 aromatic rings. The number of nitrogens with one attached hydrogen (secondary N) is 2. The smallest absolute Gasteiger partial charge is 0.354 e. The maximum absolute atomic E-state index is 13.5. The van der Waals surface area contributed by atoms with E-state index in [9.17, 15) is 28.2 Å². The number of aliphatic hydroxyl groups is 2. The second-order valence-electron chi connectivity index (χ2n) is 17.5. The Morgan fingerprint density at radius 3 is 1.36 bits per heavy atom. The van der Waals surface area contributed by atoms with Gasteiger partial charge in [-0.25, -0.2) is 28.3 Å². The number of amides is 4. The molecule has 3 unspecified atom stereocenters. The SMILES string of the molecule is Cc1oc(S(N)(=O)=NC(=O)Nc2c3c(cc4c2CC(C2Cc5cc6c(c(NC(=O)N=[S@@](N)(=O)c7cc(C(C)(C)O)c(C)o7)c5C2)CCC6)C4)CCC3)cc1C(C)(C)O. The molecule has 16 heteroatoms. The lowest BCUT2D eigenvalue weighted by Gasteiger charge is -2.18. The van der Waals surface area contributed by atoms with Crippen LogP contribution in [-0.4, -0.2) is 30.7 Å². The molecular weight excluding hydrogens is 781 g/mol. The number of furan rings is 2. The van der Waals surface area contributed by atoms with Crippen molar-refractivity contribution in [2.75, 3.05) is 10.6 Å². The Kier molecular flexibility index (Phi) is 9.88. The highest BCUT2D eigenvalue weighted by Crippen LogP contribution is 2.48. The van der Waals surface area contributed by atoms with Crippen LogP contribution >= 0.6 is 0 Å². The van der Waals surface area contributed by atoms with Crippen LogP contribution in [0.1, 0.15) is 108 Å². The van der Waals surface area contributed by atoms with Crippen LogP contribution in [0.15, 0.2) is 52.0 Å². The third-order valence-electron chi connectivity index (χ3n) is 12.3. The van der Waals surface area contributed by atoms with Crippen LogP contribution in [-0.2, 0) is 82.4 Å². The fraction of sp³-hybridized carbons (Fsp3) is 0.476. The van der Waals surface area contributed by atoms with Crippen molar-refractivity contribution in [3.63, 3.8) is 0 Å². The molecular formula is C42H52N6O8S2. The third kappa shape index (κ3) is 7.43. The zero-order valence-electron chi connectivity index (χ0n) is 33.7. The van der Waals surface area contributed by atoms with Crippen molar-refractivity contribution in [1.29, 1.82) is 0 Å². The molecule has 0 fully saturated rings. The van der Waals surface area contributed by atoms with Crippen LogP contribution in [0.25, 0.3) is 0 Å². The predicted molar refractivity (Wildman–Crippen MR) is 220 cm³/mol. The zero-order valence-corrected chi connectivity index (χ0v) is 35.4. The monoisotopic (exact) mass is 832 g/mol. The lowest BCUT2D eigenvalue weighted by atomic mass is 9.87. The van der Waals surface area contributed by atoms with Gasteiger partial charge in [-0.1, -0.05) is 12.1 Å². The average Bonchev–Trinajstić information content (AvgIpc) is 3.94. The first-order chi connectivity index (χ1) is 27.1. The summed E-state index contributed by atoms with van der Waals surface area (Å²) in [6.07, 6.45) is 8.42. The van der Waals surface area contributed by atoms with Gasteiger partial charge in [0.25, 0.3) is 0 Å². The molecule has 4 atom stereocenters.